The molecule has 1 unspecified atom stereocenters. The van der Waals surface area contributed by atoms with Crippen LogP contribution in [0.1, 0.15) is 40.0 Å². The van der Waals surface area contributed by atoms with E-state index in [4.69, 9.17) is 0 Å². The number of nitrogens with one attached hydrogen (secondary N) is 2. The van der Waals surface area contributed by atoms with Crippen LogP contribution >= 0.6 is 0 Å². The molecular weight excluding hydrogens is 188 g/mol. The van der Waals surface area contributed by atoms with Crippen LogP contribution in [0.3, 0.4) is 0 Å². The summed E-state index contributed by atoms with van der Waals surface area (Å²) in [5, 5.41) is 6.17. The first-order valence-corrected chi connectivity index (χ1v) is 5.80. The smallest absolute Gasteiger partial charge is 0.237 e. The molecule has 2 N–H and O–H groups in total. The van der Waals surface area contributed by atoms with Gasteiger partial charge < -0.3 is 10.6 Å². The van der Waals surface area contributed by atoms with E-state index in [2.05, 4.69) is 31.1 Å². The zero-order chi connectivity index (χ0) is 11.7. The van der Waals surface area contributed by atoms with E-state index >= 15 is 0 Å². The van der Waals surface area contributed by atoms with Crippen LogP contribution in [-0.2, 0) is 4.79 Å². The van der Waals surface area contributed by atoms with Crippen LogP contribution in [0.5, 0.6) is 0 Å². The third-order valence-corrected chi connectivity index (χ3v) is 2.52. The van der Waals surface area contributed by atoms with Gasteiger partial charge in [-0.1, -0.05) is 19.9 Å². The van der Waals surface area contributed by atoms with Crippen LogP contribution in [-0.4, -0.2) is 24.5 Å². The summed E-state index contributed by atoms with van der Waals surface area (Å²) in [7, 11) is 0. The Kier molecular flexibility index (Phi) is 8.01. The lowest BCUT2D eigenvalue weighted by Crippen LogP contribution is -2.46. The molecule has 0 saturated heterocycles. The van der Waals surface area contributed by atoms with Crippen LogP contribution in [0.15, 0.2) is 12.7 Å². The quantitative estimate of drug-likeness (QED) is 0.476. The lowest BCUT2D eigenvalue weighted by atomic mass is 10.1. The standard InChI is InChI=1S/C12H24N2O/c1-5-8-9-13-10(4)12(15)14-11(6-2)7-3/h5,10-11,13H,1,6-9H2,2-4H3,(H,14,15). The largest absolute Gasteiger partial charge is 0.352 e. The van der Waals surface area contributed by atoms with E-state index in [1.54, 1.807) is 0 Å². The zero-order valence-electron chi connectivity index (χ0n) is 10.2. The average Bonchev–Trinajstić information content (AvgIpc) is 2.25. The van der Waals surface area contributed by atoms with Gasteiger partial charge in [0.1, 0.15) is 0 Å². The minimum atomic E-state index is -0.120. The highest BCUT2D eigenvalue weighted by molar-refractivity contribution is 5.81. The van der Waals surface area contributed by atoms with Crippen molar-refractivity contribution in [2.75, 3.05) is 6.54 Å². The molecule has 0 bridgehead atoms. The van der Waals surface area contributed by atoms with Gasteiger partial charge in [-0.05, 0) is 32.7 Å². The number of rotatable bonds is 8. The second-order valence-electron chi connectivity index (χ2n) is 3.78. The molecule has 0 aromatic rings. The third kappa shape index (κ3) is 6.28. The van der Waals surface area contributed by atoms with Gasteiger partial charge in [0, 0.05) is 6.04 Å². The summed E-state index contributed by atoms with van der Waals surface area (Å²) in [5.74, 6) is 0.0905. The molecule has 1 amide bonds. The van der Waals surface area contributed by atoms with Crippen molar-refractivity contribution in [3.8, 4) is 0 Å². The van der Waals surface area contributed by atoms with E-state index in [1.165, 1.54) is 0 Å². The summed E-state index contributed by atoms with van der Waals surface area (Å²) in [6, 6.07) is 0.187. The fraction of sp³-hybridized carbons (Fsp3) is 0.750. The SMILES string of the molecule is C=CCCNC(C)C(=O)NC(CC)CC. The Morgan fingerprint density at radius 2 is 2.00 bits per heavy atom. The molecule has 0 fully saturated rings. The second kappa shape index (κ2) is 8.48. The summed E-state index contributed by atoms with van der Waals surface area (Å²) >= 11 is 0. The van der Waals surface area contributed by atoms with E-state index < -0.39 is 0 Å². The molecule has 0 aliphatic heterocycles. The van der Waals surface area contributed by atoms with Crippen LogP contribution in [0.2, 0.25) is 0 Å². The molecule has 1 atom stereocenters. The van der Waals surface area contributed by atoms with E-state index in [-0.39, 0.29) is 11.9 Å². The van der Waals surface area contributed by atoms with Gasteiger partial charge in [-0.3, -0.25) is 4.79 Å². The highest BCUT2D eigenvalue weighted by Crippen LogP contribution is 1.96. The molecule has 0 saturated carbocycles. The van der Waals surface area contributed by atoms with E-state index in [9.17, 15) is 4.79 Å². The van der Waals surface area contributed by atoms with Crippen LogP contribution in [0, 0.1) is 0 Å². The average molecular weight is 212 g/mol. The zero-order valence-corrected chi connectivity index (χ0v) is 10.2. The van der Waals surface area contributed by atoms with Gasteiger partial charge in [0.25, 0.3) is 0 Å². The Balaban J connectivity index is 3.81. The summed E-state index contributed by atoms with van der Waals surface area (Å²) in [6.07, 6.45) is 4.71. The topological polar surface area (TPSA) is 41.1 Å². The summed E-state index contributed by atoms with van der Waals surface area (Å²) in [6.45, 7) is 10.5. The van der Waals surface area contributed by atoms with Gasteiger partial charge in [0.15, 0.2) is 0 Å². The van der Waals surface area contributed by atoms with Gasteiger partial charge in [-0.2, -0.15) is 0 Å². The number of amides is 1. The number of carbonyl (C=O) groups excluding carboxylic acids is 1. The first-order valence-electron chi connectivity index (χ1n) is 5.80. The van der Waals surface area contributed by atoms with Crippen molar-refractivity contribution in [3.63, 3.8) is 0 Å². The first-order chi connectivity index (χ1) is 7.15. The Labute approximate surface area is 93.3 Å². The van der Waals surface area contributed by atoms with Crippen molar-refractivity contribution in [3.05, 3.63) is 12.7 Å². The van der Waals surface area contributed by atoms with Crippen molar-refractivity contribution in [2.24, 2.45) is 0 Å². The van der Waals surface area contributed by atoms with E-state index in [0.29, 0.717) is 6.04 Å². The molecule has 0 aromatic heterocycles. The molecule has 3 heteroatoms. The maximum atomic E-state index is 11.7. The molecular formula is C12H24N2O. The van der Waals surface area contributed by atoms with Crippen LogP contribution in [0.25, 0.3) is 0 Å². The Bertz CT molecular complexity index is 188. The molecule has 88 valence electrons. The van der Waals surface area contributed by atoms with Crippen molar-refractivity contribution in [2.45, 2.75) is 52.1 Å². The molecule has 0 aliphatic carbocycles. The van der Waals surface area contributed by atoms with E-state index in [0.717, 1.165) is 25.8 Å². The second-order valence-corrected chi connectivity index (χ2v) is 3.78. The fourth-order valence-corrected chi connectivity index (χ4v) is 1.31. The van der Waals surface area contributed by atoms with Crippen LogP contribution < -0.4 is 10.6 Å². The molecule has 3 nitrogen and oxygen atoms in total. The molecule has 0 aliphatic rings. The lowest BCUT2D eigenvalue weighted by Gasteiger charge is -2.19. The van der Waals surface area contributed by atoms with Gasteiger partial charge in [0.05, 0.1) is 6.04 Å². The normalized spacial score (nSPS) is 12.5. The fourth-order valence-electron chi connectivity index (χ4n) is 1.31. The van der Waals surface area contributed by atoms with Crippen LogP contribution in [0.4, 0.5) is 0 Å². The van der Waals surface area contributed by atoms with E-state index in [1.807, 2.05) is 13.0 Å². The van der Waals surface area contributed by atoms with Gasteiger partial charge in [0.2, 0.25) is 5.91 Å². The number of carbonyl (C=O) groups is 1. The molecule has 0 spiro atoms. The van der Waals surface area contributed by atoms with Crippen molar-refractivity contribution < 1.29 is 4.79 Å². The highest BCUT2D eigenvalue weighted by Gasteiger charge is 2.14. The highest BCUT2D eigenvalue weighted by atomic mass is 16.2. The lowest BCUT2D eigenvalue weighted by molar-refractivity contribution is -0.123. The van der Waals surface area contributed by atoms with Crippen molar-refractivity contribution >= 4 is 5.91 Å². The predicted molar refractivity (Wildman–Crippen MR) is 64.8 cm³/mol. The number of hydrogen-bond acceptors (Lipinski definition) is 2. The van der Waals surface area contributed by atoms with Gasteiger partial charge in [-0.25, -0.2) is 0 Å². The first kappa shape index (κ1) is 14.2. The summed E-state index contributed by atoms with van der Waals surface area (Å²) < 4.78 is 0. The maximum Gasteiger partial charge on any atom is 0.237 e. The Morgan fingerprint density at radius 3 is 2.47 bits per heavy atom. The molecule has 0 heterocycles. The summed E-state index contributed by atoms with van der Waals surface area (Å²) in [4.78, 5) is 11.7. The summed E-state index contributed by atoms with van der Waals surface area (Å²) in [5.41, 5.74) is 0. The maximum absolute atomic E-state index is 11.7. The van der Waals surface area contributed by atoms with Crippen molar-refractivity contribution in [1.82, 2.24) is 10.6 Å². The minimum absolute atomic E-state index is 0.0905. The van der Waals surface area contributed by atoms with Gasteiger partial charge in [-0.15, -0.1) is 6.58 Å². The molecule has 0 radical (unpaired) electrons. The minimum Gasteiger partial charge on any atom is -0.352 e. The molecule has 0 aromatic carbocycles. The monoisotopic (exact) mass is 212 g/mol. The molecule has 0 rings (SSSR count). The molecule has 15 heavy (non-hydrogen) atoms. The third-order valence-electron chi connectivity index (χ3n) is 2.52. The predicted octanol–water partition coefficient (Wildman–Crippen LogP) is 1.85. The van der Waals surface area contributed by atoms with Gasteiger partial charge >= 0.3 is 0 Å². The van der Waals surface area contributed by atoms with Crippen molar-refractivity contribution in [1.29, 1.82) is 0 Å². The Hall–Kier alpha value is -0.830. The Morgan fingerprint density at radius 1 is 1.40 bits per heavy atom. The number of hydrogen-bond donors (Lipinski definition) is 2.